The monoisotopic (exact) mass is 909 g/mol. The molecule has 1 unspecified atom stereocenters. The van der Waals surface area contributed by atoms with Gasteiger partial charge in [0.1, 0.15) is 13.2 Å². The van der Waals surface area contributed by atoms with Crippen LogP contribution < -0.4 is 0 Å². The molecule has 0 aliphatic rings. The molecule has 0 heterocycles. The molecule has 0 aliphatic heterocycles. The van der Waals surface area contributed by atoms with Crippen LogP contribution in [0.4, 0.5) is 0 Å². The molecule has 0 spiro atoms. The number of carbonyl (C=O) groups excluding carboxylic acids is 3. The second-order valence-corrected chi connectivity index (χ2v) is 18.5. The first kappa shape index (κ1) is 62.1. The third-order valence-corrected chi connectivity index (χ3v) is 12.0. The van der Waals surface area contributed by atoms with Crippen molar-refractivity contribution < 1.29 is 28.6 Å². The topological polar surface area (TPSA) is 78.9 Å². The largest absolute Gasteiger partial charge is 0.462 e. The Labute approximate surface area is 402 Å². The zero-order chi connectivity index (χ0) is 47.2. The van der Waals surface area contributed by atoms with Gasteiger partial charge < -0.3 is 14.2 Å². The lowest BCUT2D eigenvalue weighted by atomic mass is 10.0. The van der Waals surface area contributed by atoms with Gasteiger partial charge in [-0.3, -0.25) is 14.4 Å². The molecule has 0 aromatic rings. The van der Waals surface area contributed by atoms with E-state index in [1.54, 1.807) is 0 Å². The maximum Gasteiger partial charge on any atom is 0.306 e. The number of carbonyl (C=O) groups is 3. The summed E-state index contributed by atoms with van der Waals surface area (Å²) in [7, 11) is 0. The summed E-state index contributed by atoms with van der Waals surface area (Å²) in [4.78, 5) is 37.7. The highest BCUT2D eigenvalue weighted by Crippen LogP contribution is 2.16. The normalized spacial score (nSPS) is 12.5. The Bertz CT molecular complexity index is 1180. The van der Waals surface area contributed by atoms with E-state index >= 15 is 0 Å². The summed E-state index contributed by atoms with van der Waals surface area (Å²) in [6.45, 7) is 6.43. The molecule has 0 saturated carbocycles. The van der Waals surface area contributed by atoms with Crippen molar-refractivity contribution in [2.24, 2.45) is 0 Å². The van der Waals surface area contributed by atoms with E-state index in [1.807, 2.05) is 0 Å². The predicted molar refractivity (Wildman–Crippen MR) is 279 cm³/mol. The number of hydrogen-bond donors (Lipinski definition) is 0. The third kappa shape index (κ3) is 51.9. The van der Waals surface area contributed by atoms with Crippen LogP contribution in [0.15, 0.2) is 60.8 Å². The smallest absolute Gasteiger partial charge is 0.306 e. The molecule has 0 radical (unpaired) electrons. The lowest BCUT2D eigenvalue weighted by Gasteiger charge is -2.18. The van der Waals surface area contributed by atoms with Crippen molar-refractivity contribution in [1.29, 1.82) is 0 Å². The summed E-state index contributed by atoms with van der Waals surface area (Å²) >= 11 is 0. The minimum absolute atomic E-state index is 0.0801. The van der Waals surface area contributed by atoms with Crippen molar-refractivity contribution in [2.45, 2.75) is 284 Å². The minimum Gasteiger partial charge on any atom is -0.462 e. The molecule has 376 valence electrons. The van der Waals surface area contributed by atoms with E-state index in [2.05, 4.69) is 81.5 Å². The van der Waals surface area contributed by atoms with E-state index in [1.165, 1.54) is 128 Å². The fourth-order valence-electron chi connectivity index (χ4n) is 7.84. The molecule has 0 saturated heterocycles. The van der Waals surface area contributed by atoms with Gasteiger partial charge in [0.25, 0.3) is 0 Å². The fourth-order valence-corrected chi connectivity index (χ4v) is 7.84. The van der Waals surface area contributed by atoms with Gasteiger partial charge in [0.05, 0.1) is 0 Å². The van der Waals surface area contributed by atoms with Crippen LogP contribution in [0.5, 0.6) is 0 Å². The van der Waals surface area contributed by atoms with Gasteiger partial charge in [-0.15, -0.1) is 0 Å². The van der Waals surface area contributed by atoms with Crippen LogP contribution in [0, 0.1) is 0 Å². The van der Waals surface area contributed by atoms with E-state index in [-0.39, 0.29) is 31.1 Å². The summed E-state index contributed by atoms with van der Waals surface area (Å²) < 4.78 is 16.7. The maximum atomic E-state index is 12.7. The molecule has 0 amide bonds. The Morgan fingerprint density at radius 3 is 0.938 bits per heavy atom. The Morgan fingerprint density at radius 2 is 0.600 bits per heavy atom. The van der Waals surface area contributed by atoms with E-state index in [9.17, 15) is 14.4 Å². The Kier molecular flexibility index (Phi) is 51.3. The average Bonchev–Trinajstić information content (AvgIpc) is 3.30. The summed E-state index contributed by atoms with van der Waals surface area (Å²) in [6, 6.07) is 0. The Balaban J connectivity index is 4.03. The molecule has 0 aromatic heterocycles. The van der Waals surface area contributed by atoms with E-state index in [0.29, 0.717) is 19.3 Å². The second-order valence-electron chi connectivity index (χ2n) is 18.5. The van der Waals surface area contributed by atoms with Crippen LogP contribution in [0.3, 0.4) is 0 Å². The van der Waals surface area contributed by atoms with E-state index in [4.69, 9.17) is 14.2 Å². The quantitative estimate of drug-likeness (QED) is 0.0262. The van der Waals surface area contributed by atoms with Crippen molar-refractivity contribution in [1.82, 2.24) is 0 Å². The summed E-state index contributed by atoms with van der Waals surface area (Å²) in [5.74, 6) is -0.906. The van der Waals surface area contributed by atoms with Gasteiger partial charge in [-0.05, 0) is 83.5 Å². The number of allylic oxidation sites excluding steroid dienone is 10. The molecular formula is C59H104O6. The van der Waals surface area contributed by atoms with Gasteiger partial charge in [0, 0.05) is 19.3 Å². The lowest BCUT2D eigenvalue weighted by molar-refractivity contribution is -0.167. The fraction of sp³-hybridized carbons (Fsp3) is 0.780. The molecule has 0 N–H and O–H groups in total. The highest BCUT2D eigenvalue weighted by molar-refractivity contribution is 5.71. The molecular weight excluding hydrogens is 805 g/mol. The highest BCUT2D eigenvalue weighted by atomic mass is 16.6. The van der Waals surface area contributed by atoms with Gasteiger partial charge in [0.15, 0.2) is 6.10 Å². The van der Waals surface area contributed by atoms with Crippen LogP contribution in [0.1, 0.15) is 278 Å². The van der Waals surface area contributed by atoms with Crippen molar-refractivity contribution in [2.75, 3.05) is 13.2 Å². The van der Waals surface area contributed by atoms with Crippen molar-refractivity contribution >= 4 is 17.9 Å². The lowest BCUT2D eigenvalue weighted by Crippen LogP contribution is -2.30. The Hall–Kier alpha value is -2.89. The number of esters is 3. The third-order valence-electron chi connectivity index (χ3n) is 12.0. The number of hydrogen-bond acceptors (Lipinski definition) is 6. The van der Waals surface area contributed by atoms with Gasteiger partial charge in [-0.1, -0.05) is 236 Å². The van der Waals surface area contributed by atoms with Crippen LogP contribution in [0.2, 0.25) is 0 Å². The van der Waals surface area contributed by atoms with Crippen molar-refractivity contribution in [3.05, 3.63) is 60.8 Å². The first-order chi connectivity index (χ1) is 32.0. The molecule has 0 aliphatic carbocycles. The molecule has 6 heteroatoms. The first-order valence-electron chi connectivity index (χ1n) is 27.8. The van der Waals surface area contributed by atoms with E-state index in [0.717, 1.165) is 109 Å². The molecule has 0 fully saturated rings. The molecule has 1 atom stereocenters. The molecule has 0 rings (SSSR count). The molecule has 0 aromatic carbocycles. The van der Waals surface area contributed by atoms with E-state index < -0.39 is 6.10 Å². The molecule has 65 heavy (non-hydrogen) atoms. The number of unbranched alkanes of at least 4 members (excludes halogenated alkanes) is 29. The van der Waals surface area contributed by atoms with Gasteiger partial charge in [-0.2, -0.15) is 0 Å². The van der Waals surface area contributed by atoms with Crippen LogP contribution in [-0.4, -0.2) is 37.2 Å². The SMILES string of the molecule is CC/C=C\C/C=C\C/C=C\CCCCCCCC(=O)OC(COC(=O)CCCCCCC)COC(=O)CCCCCCCCCCCCCCCCC/C=C\C/C=C\CCCCCCC. The number of rotatable bonds is 50. The molecule has 0 bridgehead atoms. The van der Waals surface area contributed by atoms with Crippen molar-refractivity contribution in [3.8, 4) is 0 Å². The van der Waals surface area contributed by atoms with Gasteiger partial charge >= 0.3 is 17.9 Å². The molecule has 6 nitrogen and oxygen atoms in total. The minimum atomic E-state index is -0.778. The summed E-state index contributed by atoms with van der Waals surface area (Å²) in [5.41, 5.74) is 0. The van der Waals surface area contributed by atoms with Crippen LogP contribution in [-0.2, 0) is 28.6 Å². The average molecular weight is 909 g/mol. The highest BCUT2D eigenvalue weighted by Gasteiger charge is 2.19. The van der Waals surface area contributed by atoms with Gasteiger partial charge in [0.2, 0.25) is 0 Å². The van der Waals surface area contributed by atoms with Crippen LogP contribution in [0.25, 0.3) is 0 Å². The van der Waals surface area contributed by atoms with Gasteiger partial charge in [-0.25, -0.2) is 0 Å². The van der Waals surface area contributed by atoms with Crippen molar-refractivity contribution in [3.63, 3.8) is 0 Å². The maximum absolute atomic E-state index is 12.7. The zero-order valence-corrected chi connectivity index (χ0v) is 43.0. The predicted octanol–water partition coefficient (Wildman–Crippen LogP) is 18.4. The first-order valence-corrected chi connectivity index (χ1v) is 27.8. The number of ether oxygens (including phenoxy) is 3. The standard InChI is InChI=1S/C59H104O6/c1-4-7-10-13-15-17-19-21-23-24-25-26-27-28-29-30-31-32-33-34-36-37-39-41-43-46-49-52-58(61)64-55-56(54-63-57(60)51-48-45-12-9-6-3)65-59(62)53-50-47-44-42-40-38-35-22-20-18-16-14-11-8-5-2/h8,11,16,18-19,21-22,24-25,35,56H,4-7,9-10,12-15,17,20,23,26-34,36-55H2,1-3H3/b11-8-,18-16-,21-19-,25-24-,35-22-. The van der Waals surface area contributed by atoms with Crippen LogP contribution >= 0.6 is 0 Å². The second kappa shape index (κ2) is 53.7. The Morgan fingerprint density at radius 1 is 0.323 bits per heavy atom. The summed E-state index contributed by atoms with van der Waals surface area (Å²) in [5, 5.41) is 0. The summed E-state index contributed by atoms with van der Waals surface area (Å²) in [6.07, 6.45) is 66.9. The zero-order valence-electron chi connectivity index (χ0n) is 43.0.